The summed E-state index contributed by atoms with van der Waals surface area (Å²) in [6.07, 6.45) is 0.890. The van der Waals surface area contributed by atoms with Gasteiger partial charge in [-0.2, -0.15) is 0 Å². The summed E-state index contributed by atoms with van der Waals surface area (Å²) >= 11 is 0. The molecule has 0 radical (unpaired) electrons. The molecular formula is C10H24O3Si. The molecule has 0 aromatic rings. The van der Waals surface area contributed by atoms with Crippen LogP contribution in [0.15, 0.2) is 0 Å². The monoisotopic (exact) mass is 220 g/mol. The highest BCUT2D eigenvalue weighted by molar-refractivity contribution is 6.71. The Hall–Kier alpha value is 0.0969. The lowest BCUT2D eigenvalue weighted by Crippen LogP contribution is -2.31. The van der Waals surface area contributed by atoms with E-state index < -0.39 is 8.32 Å². The van der Waals surface area contributed by atoms with Crippen molar-refractivity contribution >= 4 is 8.32 Å². The van der Waals surface area contributed by atoms with E-state index in [4.69, 9.17) is 13.9 Å². The molecule has 0 aromatic carbocycles. The average Bonchev–Trinajstić information content (AvgIpc) is 2.15. The zero-order chi connectivity index (χ0) is 11.0. The molecular weight excluding hydrogens is 196 g/mol. The Labute approximate surface area is 88.9 Å². The highest BCUT2D eigenvalue weighted by atomic mass is 28.4. The molecule has 0 heterocycles. The van der Waals surface area contributed by atoms with E-state index in [0.29, 0.717) is 13.2 Å². The van der Waals surface area contributed by atoms with Crippen LogP contribution in [-0.4, -0.2) is 34.9 Å². The minimum atomic E-state index is -1.46. The molecule has 0 saturated heterocycles. The summed E-state index contributed by atoms with van der Waals surface area (Å²) in [5.41, 5.74) is 0. The van der Waals surface area contributed by atoms with Crippen LogP contribution < -0.4 is 0 Å². The fraction of sp³-hybridized carbons (Fsp3) is 1.00. The third-order valence-corrected chi connectivity index (χ3v) is 4.84. The van der Waals surface area contributed by atoms with Crippen molar-refractivity contribution in [3.63, 3.8) is 0 Å². The lowest BCUT2D eigenvalue weighted by atomic mass is 10.4. The number of hydrogen-bond acceptors (Lipinski definition) is 3. The van der Waals surface area contributed by atoms with Gasteiger partial charge in [-0.15, -0.1) is 0 Å². The van der Waals surface area contributed by atoms with Gasteiger partial charge in [0.25, 0.3) is 0 Å². The van der Waals surface area contributed by atoms with Crippen molar-refractivity contribution in [2.75, 3.05) is 20.3 Å². The Morgan fingerprint density at radius 2 is 1.57 bits per heavy atom. The van der Waals surface area contributed by atoms with Crippen molar-refractivity contribution in [3.8, 4) is 0 Å². The van der Waals surface area contributed by atoms with E-state index in [-0.39, 0.29) is 6.29 Å². The highest BCUT2D eigenvalue weighted by Gasteiger charge is 2.22. The van der Waals surface area contributed by atoms with Crippen molar-refractivity contribution in [1.82, 2.24) is 0 Å². The smallest absolute Gasteiger partial charge is 0.186 e. The van der Waals surface area contributed by atoms with E-state index >= 15 is 0 Å². The Morgan fingerprint density at radius 3 is 1.93 bits per heavy atom. The van der Waals surface area contributed by atoms with Crippen LogP contribution in [0.5, 0.6) is 0 Å². The van der Waals surface area contributed by atoms with Gasteiger partial charge >= 0.3 is 0 Å². The van der Waals surface area contributed by atoms with E-state index in [0.717, 1.165) is 12.5 Å². The zero-order valence-corrected chi connectivity index (χ0v) is 11.1. The van der Waals surface area contributed by atoms with Gasteiger partial charge < -0.3 is 13.9 Å². The summed E-state index contributed by atoms with van der Waals surface area (Å²) in [6, 6.07) is 1.08. The first-order valence-corrected chi connectivity index (χ1v) is 8.45. The lowest BCUT2D eigenvalue weighted by Gasteiger charge is -2.23. The second-order valence-electron chi connectivity index (χ2n) is 3.84. The average molecular weight is 220 g/mol. The minimum absolute atomic E-state index is 0.0491. The van der Waals surface area contributed by atoms with Gasteiger partial charge in [-0.3, -0.25) is 0 Å². The molecule has 0 aliphatic carbocycles. The molecule has 0 amide bonds. The van der Waals surface area contributed by atoms with E-state index in [9.17, 15) is 0 Å². The molecule has 0 aromatic heterocycles. The molecule has 4 heteroatoms. The van der Waals surface area contributed by atoms with Gasteiger partial charge in [0.2, 0.25) is 0 Å². The number of hydrogen-bond donors (Lipinski definition) is 0. The predicted octanol–water partition coefficient (Wildman–Crippen LogP) is 2.63. The van der Waals surface area contributed by atoms with E-state index in [1.54, 1.807) is 7.11 Å². The summed E-state index contributed by atoms with van der Waals surface area (Å²) in [5.74, 6) is 0. The Morgan fingerprint density at radius 1 is 1.07 bits per heavy atom. The molecule has 0 bridgehead atoms. The largest absolute Gasteiger partial charge is 0.420 e. The van der Waals surface area contributed by atoms with Crippen LogP contribution in [0.3, 0.4) is 0 Å². The van der Waals surface area contributed by atoms with Gasteiger partial charge in [-0.1, -0.05) is 0 Å². The lowest BCUT2D eigenvalue weighted by molar-refractivity contribution is -0.137. The maximum absolute atomic E-state index is 5.47. The van der Waals surface area contributed by atoms with E-state index in [1.165, 1.54) is 0 Å². The second kappa shape index (κ2) is 7.40. The van der Waals surface area contributed by atoms with Gasteiger partial charge in [0.15, 0.2) is 14.6 Å². The Kier molecular flexibility index (Phi) is 7.45. The quantitative estimate of drug-likeness (QED) is 0.465. The Bertz CT molecular complexity index is 133. The normalized spacial score (nSPS) is 12.4. The molecule has 3 nitrogen and oxygen atoms in total. The fourth-order valence-corrected chi connectivity index (χ4v) is 2.29. The van der Waals surface area contributed by atoms with Crippen LogP contribution in [0.4, 0.5) is 0 Å². The molecule has 86 valence electrons. The molecule has 0 unspecified atom stereocenters. The minimum Gasteiger partial charge on any atom is -0.420 e. The van der Waals surface area contributed by atoms with Crippen molar-refractivity contribution in [2.45, 2.75) is 45.7 Å². The first kappa shape index (κ1) is 14.1. The molecule has 0 rings (SSSR count). The fourth-order valence-electron chi connectivity index (χ4n) is 1.15. The molecule has 0 spiro atoms. The molecule has 0 N–H and O–H groups in total. The summed E-state index contributed by atoms with van der Waals surface area (Å²) in [4.78, 5) is 0. The van der Waals surface area contributed by atoms with E-state index in [2.05, 4.69) is 13.1 Å². The van der Waals surface area contributed by atoms with Crippen LogP contribution in [0, 0.1) is 0 Å². The van der Waals surface area contributed by atoms with Crippen LogP contribution in [-0.2, 0) is 13.9 Å². The Balaban J connectivity index is 3.80. The van der Waals surface area contributed by atoms with Gasteiger partial charge in [0, 0.05) is 20.3 Å². The first-order valence-electron chi connectivity index (χ1n) is 5.34. The molecule has 0 fully saturated rings. The summed E-state index contributed by atoms with van der Waals surface area (Å²) < 4.78 is 16.4. The number of rotatable bonds is 8. The van der Waals surface area contributed by atoms with Gasteiger partial charge in [-0.25, -0.2) is 0 Å². The van der Waals surface area contributed by atoms with Crippen molar-refractivity contribution in [1.29, 1.82) is 0 Å². The summed E-state index contributed by atoms with van der Waals surface area (Å²) in [5, 5.41) is 0. The van der Waals surface area contributed by atoms with Crippen LogP contribution >= 0.6 is 0 Å². The summed E-state index contributed by atoms with van der Waals surface area (Å²) in [7, 11) is 0.336. The van der Waals surface area contributed by atoms with Crippen molar-refractivity contribution in [2.24, 2.45) is 0 Å². The summed E-state index contributed by atoms with van der Waals surface area (Å²) in [6.45, 7) is 9.82. The van der Waals surface area contributed by atoms with Crippen molar-refractivity contribution < 1.29 is 13.9 Å². The molecule has 0 aliphatic rings. The maximum atomic E-state index is 5.47. The third-order valence-electron chi connectivity index (χ3n) is 2.24. The van der Waals surface area contributed by atoms with Gasteiger partial charge in [0.05, 0.1) is 0 Å². The molecule has 0 atom stereocenters. The highest BCUT2D eigenvalue weighted by Crippen LogP contribution is 2.16. The van der Waals surface area contributed by atoms with Gasteiger partial charge in [-0.05, 0) is 39.4 Å². The number of ether oxygens (including phenoxy) is 2. The van der Waals surface area contributed by atoms with Crippen LogP contribution in [0.1, 0.15) is 20.3 Å². The van der Waals surface area contributed by atoms with Gasteiger partial charge in [0.1, 0.15) is 0 Å². The SMILES string of the molecule is CCOC(CC[Si](C)(C)OC)OCC. The predicted molar refractivity (Wildman–Crippen MR) is 61.0 cm³/mol. The van der Waals surface area contributed by atoms with Crippen molar-refractivity contribution in [3.05, 3.63) is 0 Å². The zero-order valence-electron chi connectivity index (χ0n) is 10.1. The second-order valence-corrected chi connectivity index (χ2v) is 8.27. The molecule has 14 heavy (non-hydrogen) atoms. The maximum Gasteiger partial charge on any atom is 0.186 e. The molecule has 0 aliphatic heterocycles. The van der Waals surface area contributed by atoms with E-state index in [1.807, 2.05) is 13.8 Å². The first-order chi connectivity index (χ1) is 6.55. The standard InChI is InChI=1S/C10H24O3Si/c1-6-12-10(13-7-2)8-9-14(4,5)11-3/h10H,6-9H2,1-5H3. The van der Waals surface area contributed by atoms with Crippen LogP contribution in [0.25, 0.3) is 0 Å². The molecule has 0 saturated carbocycles. The third kappa shape index (κ3) is 6.54. The van der Waals surface area contributed by atoms with Crippen LogP contribution in [0.2, 0.25) is 19.1 Å². The topological polar surface area (TPSA) is 27.7 Å².